The number of piperidine rings is 1. The summed E-state index contributed by atoms with van der Waals surface area (Å²) in [4.78, 5) is 31.6. The van der Waals surface area contributed by atoms with Gasteiger partial charge >= 0.3 is 0 Å². The van der Waals surface area contributed by atoms with Crippen LogP contribution in [0.15, 0.2) is 48.5 Å². The Kier molecular flexibility index (Phi) is 7.05. The first-order valence-corrected chi connectivity index (χ1v) is 11.2. The molecule has 0 saturated carbocycles. The molecule has 0 N–H and O–H groups in total. The van der Waals surface area contributed by atoms with Crippen molar-refractivity contribution in [3.8, 4) is 0 Å². The van der Waals surface area contributed by atoms with Gasteiger partial charge < -0.3 is 19.4 Å². The Morgan fingerprint density at radius 1 is 1.03 bits per heavy atom. The number of benzene rings is 2. The summed E-state index contributed by atoms with van der Waals surface area (Å²) in [5.41, 5.74) is 2.70. The fraction of sp³-hybridized carbons (Fsp3) is 0.440. The Morgan fingerprint density at radius 2 is 1.72 bits per heavy atom. The molecule has 0 aromatic heterocycles. The summed E-state index contributed by atoms with van der Waals surface area (Å²) >= 11 is 0. The Balaban J connectivity index is 1.33. The number of carbonyl (C=O) groups is 2. The number of likely N-dealkylation sites (tertiary alicyclic amines) is 1. The minimum Gasteiger partial charge on any atom is -0.378 e. The second-order valence-corrected chi connectivity index (χ2v) is 8.56. The van der Waals surface area contributed by atoms with Crippen LogP contribution in [0.4, 0.5) is 10.1 Å². The lowest BCUT2D eigenvalue weighted by Gasteiger charge is -2.34. The van der Waals surface area contributed by atoms with Crippen molar-refractivity contribution < 1.29 is 18.7 Å². The molecule has 1 atom stereocenters. The molecule has 0 bridgehead atoms. The maximum atomic E-state index is 13.2. The lowest BCUT2D eigenvalue weighted by molar-refractivity contribution is -0.136. The Labute approximate surface area is 188 Å². The third-order valence-corrected chi connectivity index (χ3v) is 6.26. The van der Waals surface area contributed by atoms with Crippen molar-refractivity contribution in [2.24, 2.45) is 5.92 Å². The van der Waals surface area contributed by atoms with Gasteiger partial charge in [0.05, 0.1) is 19.1 Å². The Hall–Kier alpha value is -2.93. The van der Waals surface area contributed by atoms with Gasteiger partial charge in [0.1, 0.15) is 5.82 Å². The fourth-order valence-electron chi connectivity index (χ4n) is 4.44. The van der Waals surface area contributed by atoms with Crippen molar-refractivity contribution in [2.45, 2.75) is 19.4 Å². The van der Waals surface area contributed by atoms with E-state index in [1.165, 1.54) is 30.0 Å². The SMILES string of the molecule is CN(Cc1ccc(N2CCOCC2)cc1)C(=O)C1CCCN(C(=O)c2ccc(F)cc2)C1. The third-order valence-electron chi connectivity index (χ3n) is 6.26. The van der Waals surface area contributed by atoms with Gasteiger partial charge in [0.15, 0.2) is 0 Å². The molecule has 7 heteroatoms. The molecule has 1 unspecified atom stereocenters. The van der Waals surface area contributed by atoms with Crippen LogP contribution in [-0.4, -0.2) is 68.1 Å². The van der Waals surface area contributed by atoms with Gasteiger partial charge in [-0.1, -0.05) is 12.1 Å². The number of ether oxygens (including phenoxy) is 1. The van der Waals surface area contributed by atoms with Gasteiger partial charge in [-0.2, -0.15) is 0 Å². The normalized spacial score (nSPS) is 19.0. The quantitative estimate of drug-likeness (QED) is 0.718. The minimum absolute atomic E-state index is 0.0545. The van der Waals surface area contributed by atoms with E-state index in [0.29, 0.717) is 25.2 Å². The second-order valence-electron chi connectivity index (χ2n) is 8.56. The number of amides is 2. The van der Waals surface area contributed by atoms with Gasteiger partial charge in [-0.15, -0.1) is 0 Å². The highest BCUT2D eigenvalue weighted by atomic mass is 19.1. The summed E-state index contributed by atoms with van der Waals surface area (Å²) in [5, 5.41) is 0. The molecule has 2 saturated heterocycles. The standard InChI is InChI=1S/C25H30FN3O3/c1-27(17-19-4-10-23(11-5-19)28-13-15-32-16-14-28)24(30)21-3-2-12-29(18-21)25(31)20-6-8-22(26)9-7-20/h4-11,21H,2-3,12-18H2,1H3. The van der Waals surface area contributed by atoms with Crippen LogP contribution in [-0.2, 0) is 16.1 Å². The Morgan fingerprint density at radius 3 is 2.41 bits per heavy atom. The van der Waals surface area contributed by atoms with E-state index in [2.05, 4.69) is 29.2 Å². The number of halogens is 1. The van der Waals surface area contributed by atoms with Crippen LogP contribution >= 0.6 is 0 Å². The molecule has 2 aromatic carbocycles. The topological polar surface area (TPSA) is 53.1 Å². The lowest BCUT2D eigenvalue weighted by Crippen LogP contribution is -2.45. The highest BCUT2D eigenvalue weighted by Gasteiger charge is 2.30. The van der Waals surface area contributed by atoms with Crippen LogP contribution in [0.3, 0.4) is 0 Å². The number of hydrogen-bond acceptors (Lipinski definition) is 4. The summed E-state index contributed by atoms with van der Waals surface area (Å²) in [5.74, 6) is -0.679. The number of rotatable bonds is 5. The molecule has 4 rings (SSSR count). The molecular weight excluding hydrogens is 409 g/mol. The zero-order valence-corrected chi connectivity index (χ0v) is 18.5. The van der Waals surface area contributed by atoms with Crippen molar-refractivity contribution in [3.63, 3.8) is 0 Å². The van der Waals surface area contributed by atoms with E-state index in [-0.39, 0.29) is 23.5 Å². The van der Waals surface area contributed by atoms with Crippen LogP contribution in [0.2, 0.25) is 0 Å². The third kappa shape index (κ3) is 5.27. The summed E-state index contributed by atoms with van der Waals surface area (Å²) in [7, 11) is 1.82. The van der Waals surface area contributed by atoms with Crippen molar-refractivity contribution in [2.75, 3.05) is 51.3 Å². The molecule has 2 heterocycles. The molecule has 2 aromatic rings. The maximum Gasteiger partial charge on any atom is 0.253 e. The van der Waals surface area contributed by atoms with E-state index in [1.807, 2.05) is 7.05 Å². The molecule has 0 spiro atoms. The highest BCUT2D eigenvalue weighted by molar-refractivity contribution is 5.94. The Bertz CT molecular complexity index is 926. The first-order chi connectivity index (χ1) is 15.5. The molecule has 32 heavy (non-hydrogen) atoms. The molecule has 6 nitrogen and oxygen atoms in total. The summed E-state index contributed by atoms with van der Waals surface area (Å²) < 4.78 is 18.6. The van der Waals surface area contributed by atoms with Gasteiger partial charge in [-0.25, -0.2) is 4.39 Å². The predicted octanol–water partition coefficient (Wildman–Crippen LogP) is 3.17. The zero-order chi connectivity index (χ0) is 22.5. The van der Waals surface area contributed by atoms with Gasteiger partial charge in [0, 0.05) is 51.0 Å². The van der Waals surface area contributed by atoms with E-state index in [0.717, 1.165) is 44.7 Å². The van der Waals surface area contributed by atoms with Crippen molar-refractivity contribution in [1.29, 1.82) is 0 Å². The predicted molar refractivity (Wildman–Crippen MR) is 121 cm³/mol. The number of carbonyl (C=O) groups excluding carboxylic acids is 2. The fourth-order valence-corrected chi connectivity index (χ4v) is 4.44. The number of anilines is 1. The first kappa shape index (κ1) is 22.3. The van der Waals surface area contributed by atoms with Gasteiger partial charge in [-0.3, -0.25) is 9.59 Å². The van der Waals surface area contributed by atoms with Gasteiger partial charge in [0.2, 0.25) is 5.91 Å². The second kappa shape index (κ2) is 10.1. The first-order valence-electron chi connectivity index (χ1n) is 11.2. The van der Waals surface area contributed by atoms with E-state index in [9.17, 15) is 14.0 Å². The van der Waals surface area contributed by atoms with Crippen molar-refractivity contribution >= 4 is 17.5 Å². The molecule has 2 amide bonds. The number of nitrogens with zero attached hydrogens (tertiary/aromatic N) is 3. The number of hydrogen-bond donors (Lipinski definition) is 0. The van der Waals surface area contributed by atoms with E-state index < -0.39 is 0 Å². The molecule has 0 aliphatic carbocycles. The molecule has 2 fully saturated rings. The van der Waals surface area contributed by atoms with Crippen LogP contribution < -0.4 is 4.90 Å². The molecular formula is C25H30FN3O3. The van der Waals surface area contributed by atoms with Crippen molar-refractivity contribution in [1.82, 2.24) is 9.80 Å². The molecule has 2 aliphatic heterocycles. The zero-order valence-electron chi connectivity index (χ0n) is 18.5. The van der Waals surface area contributed by atoms with E-state index >= 15 is 0 Å². The lowest BCUT2D eigenvalue weighted by atomic mass is 9.95. The van der Waals surface area contributed by atoms with E-state index in [1.54, 1.807) is 9.80 Å². The van der Waals surface area contributed by atoms with Crippen LogP contribution in [0, 0.1) is 11.7 Å². The maximum absolute atomic E-state index is 13.2. The largest absolute Gasteiger partial charge is 0.378 e. The minimum atomic E-state index is -0.368. The van der Waals surface area contributed by atoms with Gasteiger partial charge in [0.25, 0.3) is 5.91 Å². The smallest absolute Gasteiger partial charge is 0.253 e. The highest BCUT2D eigenvalue weighted by Crippen LogP contribution is 2.22. The van der Waals surface area contributed by atoms with Crippen LogP contribution in [0.1, 0.15) is 28.8 Å². The van der Waals surface area contributed by atoms with E-state index in [4.69, 9.17) is 4.74 Å². The number of morpholine rings is 1. The summed E-state index contributed by atoms with van der Waals surface area (Å²) in [6, 6.07) is 13.9. The summed E-state index contributed by atoms with van der Waals surface area (Å²) in [6.07, 6.45) is 1.55. The molecule has 2 aliphatic rings. The van der Waals surface area contributed by atoms with Crippen LogP contribution in [0.25, 0.3) is 0 Å². The average molecular weight is 440 g/mol. The molecule has 170 valence electrons. The molecule has 0 radical (unpaired) electrons. The van der Waals surface area contributed by atoms with Crippen molar-refractivity contribution in [3.05, 3.63) is 65.5 Å². The average Bonchev–Trinajstić information content (AvgIpc) is 2.84. The summed E-state index contributed by atoms with van der Waals surface area (Å²) in [6.45, 7) is 4.84. The monoisotopic (exact) mass is 439 g/mol. The van der Waals surface area contributed by atoms with Crippen LogP contribution in [0.5, 0.6) is 0 Å². The van der Waals surface area contributed by atoms with Gasteiger partial charge in [-0.05, 0) is 54.8 Å².